The topological polar surface area (TPSA) is 55.4 Å². The zero-order valence-corrected chi connectivity index (χ0v) is 12.2. The molecule has 0 aliphatic rings. The highest BCUT2D eigenvalue weighted by Crippen LogP contribution is 2.08. The van der Waals surface area contributed by atoms with E-state index in [4.69, 9.17) is 4.74 Å². The van der Waals surface area contributed by atoms with E-state index in [1.54, 1.807) is 14.0 Å². The molecular weight excluding hydrogens is 238 g/mol. The normalized spacial score (nSPS) is 13.8. The number of hydrogen-bond acceptors (Lipinski definition) is 4. The van der Waals surface area contributed by atoms with Gasteiger partial charge < -0.3 is 10.1 Å². The van der Waals surface area contributed by atoms with Gasteiger partial charge in [-0.15, -0.1) is 0 Å². The van der Waals surface area contributed by atoms with Crippen molar-refractivity contribution < 1.29 is 13.2 Å². The molecule has 104 valence electrons. The first kappa shape index (κ1) is 16.9. The third-order valence-corrected chi connectivity index (χ3v) is 4.61. The zero-order valence-electron chi connectivity index (χ0n) is 11.4. The lowest BCUT2D eigenvalue weighted by atomic mass is 10.0. The summed E-state index contributed by atoms with van der Waals surface area (Å²) < 4.78 is 27.5. The highest BCUT2D eigenvalue weighted by atomic mass is 32.2. The van der Waals surface area contributed by atoms with E-state index in [1.165, 1.54) is 0 Å². The van der Waals surface area contributed by atoms with Crippen LogP contribution >= 0.6 is 0 Å². The van der Waals surface area contributed by atoms with Gasteiger partial charge >= 0.3 is 0 Å². The van der Waals surface area contributed by atoms with Crippen molar-refractivity contribution in [3.63, 3.8) is 0 Å². The molecule has 1 atom stereocenters. The molecule has 17 heavy (non-hydrogen) atoms. The van der Waals surface area contributed by atoms with Gasteiger partial charge in [0.25, 0.3) is 0 Å². The van der Waals surface area contributed by atoms with Crippen molar-refractivity contribution >= 4 is 9.84 Å². The average molecular weight is 265 g/mol. The first-order valence-electron chi connectivity index (χ1n) is 6.42. The number of rotatable bonds is 11. The summed E-state index contributed by atoms with van der Waals surface area (Å²) in [4.78, 5) is 0. The second-order valence-corrected chi connectivity index (χ2v) is 7.01. The summed E-state index contributed by atoms with van der Waals surface area (Å²) in [6, 6.07) is 0. The van der Waals surface area contributed by atoms with Gasteiger partial charge in [-0.2, -0.15) is 0 Å². The first-order valence-corrected chi connectivity index (χ1v) is 8.24. The molecule has 0 fully saturated rings. The van der Waals surface area contributed by atoms with Gasteiger partial charge in [0.05, 0.1) is 12.4 Å². The smallest absolute Gasteiger partial charge is 0.150 e. The summed E-state index contributed by atoms with van der Waals surface area (Å²) in [6.45, 7) is 6.49. The molecule has 0 saturated heterocycles. The third kappa shape index (κ3) is 10.7. The predicted octanol–water partition coefficient (Wildman–Crippen LogP) is 1.46. The minimum Gasteiger partial charge on any atom is -0.383 e. The molecular formula is C12H27NO3S. The van der Waals surface area contributed by atoms with Crippen LogP contribution in [-0.4, -0.2) is 46.7 Å². The SMILES string of the molecule is CCS(=O)(=O)CCCCC(C)CNCCOC. The number of methoxy groups -OCH3 is 1. The second-order valence-electron chi connectivity index (χ2n) is 4.53. The summed E-state index contributed by atoms with van der Waals surface area (Å²) in [5.74, 6) is 1.20. The van der Waals surface area contributed by atoms with Crippen LogP contribution in [0.4, 0.5) is 0 Å². The Labute approximate surface area is 106 Å². The van der Waals surface area contributed by atoms with Gasteiger partial charge in [0, 0.05) is 19.4 Å². The fraction of sp³-hybridized carbons (Fsp3) is 1.00. The molecule has 1 unspecified atom stereocenters. The Bertz CT molecular complexity index is 265. The molecule has 0 bridgehead atoms. The van der Waals surface area contributed by atoms with Gasteiger partial charge in [0.1, 0.15) is 9.84 Å². The lowest BCUT2D eigenvalue weighted by Gasteiger charge is -2.12. The van der Waals surface area contributed by atoms with Crippen LogP contribution in [-0.2, 0) is 14.6 Å². The lowest BCUT2D eigenvalue weighted by Crippen LogP contribution is -2.24. The highest BCUT2D eigenvalue weighted by Gasteiger charge is 2.07. The van der Waals surface area contributed by atoms with Crippen molar-refractivity contribution in [1.82, 2.24) is 5.32 Å². The van der Waals surface area contributed by atoms with Crippen LogP contribution in [0.2, 0.25) is 0 Å². The van der Waals surface area contributed by atoms with Crippen LogP contribution in [0.5, 0.6) is 0 Å². The Hall–Kier alpha value is -0.130. The summed E-state index contributed by atoms with van der Waals surface area (Å²) in [7, 11) is -1.08. The molecule has 0 aliphatic carbocycles. The maximum atomic E-state index is 11.3. The molecule has 0 aromatic heterocycles. The average Bonchev–Trinajstić information content (AvgIpc) is 2.30. The monoisotopic (exact) mass is 265 g/mol. The number of nitrogens with one attached hydrogen (secondary N) is 1. The van der Waals surface area contributed by atoms with Crippen LogP contribution in [0.15, 0.2) is 0 Å². The minimum atomic E-state index is -2.77. The van der Waals surface area contributed by atoms with E-state index in [0.29, 0.717) is 11.7 Å². The van der Waals surface area contributed by atoms with Crippen molar-refractivity contribution in [3.8, 4) is 0 Å². The van der Waals surface area contributed by atoms with Gasteiger partial charge in [-0.1, -0.05) is 20.3 Å². The Morgan fingerprint density at radius 2 is 2.00 bits per heavy atom. The van der Waals surface area contributed by atoms with E-state index in [0.717, 1.165) is 39.0 Å². The minimum absolute atomic E-state index is 0.265. The van der Waals surface area contributed by atoms with E-state index in [-0.39, 0.29) is 5.75 Å². The van der Waals surface area contributed by atoms with Crippen molar-refractivity contribution in [2.45, 2.75) is 33.1 Å². The van der Waals surface area contributed by atoms with Crippen LogP contribution < -0.4 is 5.32 Å². The Kier molecular flexibility index (Phi) is 9.78. The van der Waals surface area contributed by atoms with Crippen LogP contribution in [0.25, 0.3) is 0 Å². The zero-order chi connectivity index (χ0) is 13.1. The van der Waals surface area contributed by atoms with E-state index < -0.39 is 9.84 Å². The fourth-order valence-electron chi connectivity index (χ4n) is 1.58. The maximum absolute atomic E-state index is 11.3. The van der Waals surface area contributed by atoms with E-state index >= 15 is 0 Å². The number of sulfone groups is 1. The fourth-order valence-corrected chi connectivity index (χ4v) is 2.52. The predicted molar refractivity (Wildman–Crippen MR) is 72.1 cm³/mol. The molecule has 0 aromatic rings. The van der Waals surface area contributed by atoms with E-state index in [2.05, 4.69) is 12.2 Å². The van der Waals surface area contributed by atoms with Crippen molar-refractivity contribution in [3.05, 3.63) is 0 Å². The van der Waals surface area contributed by atoms with Crippen LogP contribution in [0, 0.1) is 5.92 Å². The first-order chi connectivity index (χ1) is 8.02. The lowest BCUT2D eigenvalue weighted by molar-refractivity contribution is 0.198. The quantitative estimate of drug-likeness (QED) is 0.575. The molecule has 0 saturated carbocycles. The molecule has 0 amide bonds. The second kappa shape index (κ2) is 9.85. The van der Waals surface area contributed by atoms with Gasteiger partial charge in [-0.3, -0.25) is 0 Å². The standard InChI is InChI=1S/C12H27NO3S/c1-4-17(14,15)10-6-5-7-12(2)11-13-8-9-16-3/h12-13H,4-11H2,1-3H3. The molecule has 0 radical (unpaired) electrons. The van der Waals surface area contributed by atoms with Crippen LogP contribution in [0.3, 0.4) is 0 Å². The molecule has 0 spiro atoms. The summed E-state index contributed by atoms with van der Waals surface area (Å²) in [6.07, 6.45) is 2.87. The number of ether oxygens (including phenoxy) is 1. The number of unbranched alkanes of at least 4 members (excludes halogenated alkanes) is 1. The summed E-state index contributed by atoms with van der Waals surface area (Å²) in [5.41, 5.74) is 0. The molecule has 0 aliphatic heterocycles. The molecule has 0 aromatic carbocycles. The summed E-state index contributed by atoms with van der Waals surface area (Å²) >= 11 is 0. The van der Waals surface area contributed by atoms with Gasteiger partial charge in [-0.25, -0.2) is 8.42 Å². The third-order valence-electron chi connectivity index (χ3n) is 2.82. The maximum Gasteiger partial charge on any atom is 0.150 e. The Morgan fingerprint density at radius 3 is 2.59 bits per heavy atom. The molecule has 1 N–H and O–H groups in total. The van der Waals surface area contributed by atoms with Gasteiger partial charge in [0.2, 0.25) is 0 Å². The summed E-state index contributed by atoms with van der Waals surface area (Å²) in [5, 5.41) is 3.31. The van der Waals surface area contributed by atoms with Crippen molar-refractivity contribution in [1.29, 1.82) is 0 Å². The molecule has 0 rings (SSSR count). The van der Waals surface area contributed by atoms with Gasteiger partial charge in [-0.05, 0) is 25.3 Å². The van der Waals surface area contributed by atoms with Gasteiger partial charge in [0.15, 0.2) is 0 Å². The highest BCUT2D eigenvalue weighted by molar-refractivity contribution is 7.91. The molecule has 0 heterocycles. The Balaban J connectivity index is 3.42. The Morgan fingerprint density at radius 1 is 1.29 bits per heavy atom. The molecule has 5 heteroatoms. The number of hydrogen-bond donors (Lipinski definition) is 1. The van der Waals surface area contributed by atoms with Crippen LogP contribution in [0.1, 0.15) is 33.1 Å². The molecule has 4 nitrogen and oxygen atoms in total. The van der Waals surface area contributed by atoms with Crippen molar-refractivity contribution in [2.24, 2.45) is 5.92 Å². The van der Waals surface area contributed by atoms with Crippen molar-refractivity contribution in [2.75, 3.05) is 38.3 Å². The van der Waals surface area contributed by atoms with E-state index in [9.17, 15) is 8.42 Å². The van der Waals surface area contributed by atoms with E-state index in [1.807, 2.05) is 0 Å². The largest absolute Gasteiger partial charge is 0.383 e.